The highest BCUT2D eigenvalue weighted by atomic mass is 15.1. The van der Waals surface area contributed by atoms with Crippen LogP contribution in [0.5, 0.6) is 0 Å². The van der Waals surface area contributed by atoms with Crippen LogP contribution in [0.3, 0.4) is 0 Å². The molecule has 7 rings (SSSR count). The number of anilines is 3. The predicted octanol–water partition coefficient (Wildman–Crippen LogP) is 10.0. The molecule has 2 nitrogen and oxygen atoms in total. The molecular formula is C35H28N2. The van der Waals surface area contributed by atoms with Crippen molar-refractivity contribution in [3.63, 3.8) is 0 Å². The first kappa shape index (κ1) is 22.8. The molecule has 178 valence electrons. The number of nitrogens with zero attached hydrogens (tertiary/aromatic N) is 2. The van der Waals surface area contributed by atoms with Gasteiger partial charge in [-0.15, -0.1) is 0 Å². The van der Waals surface area contributed by atoms with E-state index in [4.69, 9.17) is 0 Å². The first-order valence-corrected chi connectivity index (χ1v) is 12.9. The molecule has 1 aromatic heterocycles. The molecule has 0 N–H and O–H groups in total. The Morgan fingerprint density at radius 1 is 0.459 bits per heavy atom. The lowest BCUT2D eigenvalue weighted by molar-refractivity contribution is 1.24. The quantitative estimate of drug-likeness (QED) is 0.251. The number of hydrogen-bond acceptors (Lipinski definition) is 2. The Morgan fingerprint density at radius 2 is 1.08 bits per heavy atom. The third kappa shape index (κ3) is 3.97. The maximum Gasteiger partial charge on any atom is 0.0492 e. The molecule has 0 saturated heterocycles. The van der Waals surface area contributed by atoms with Crippen LogP contribution in [0.4, 0.5) is 17.1 Å². The highest BCUT2D eigenvalue weighted by molar-refractivity contribution is 6.15. The van der Waals surface area contributed by atoms with Crippen molar-refractivity contribution in [1.29, 1.82) is 0 Å². The fourth-order valence-corrected chi connectivity index (χ4v) is 5.31. The maximum absolute atomic E-state index is 4.22. The van der Waals surface area contributed by atoms with E-state index < -0.39 is 0 Å². The van der Waals surface area contributed by atoms with E-state index in [-0.39, 0.29) is 0 Å². The number of fused-ring (bicyclic) bond motifs is 3. The van der Waals surface area contributed by atoms with Gasteiger partial charge in [0, 0.05) is 29.5 Å². The summed E-state index contributed by atoms with van der Waals surface area (Å²) >= 11 is 0. The van der Waals surface area contributed by atoms with Crippen molar-refractivity contribution in [2.24, 2.45) is 0 Å². The summed E-state index contributed by atoms with van der Waals surface area (Å²) in [4.78, 5) is 6.49. The van der Waals surface area contributed by atoms with E-state index >= 15 is 0 Å². The van der Waals surface area contributed by atoms with Gasteiger partial charge >= 0.3 is 0 Å². The molecule has 0 atom stereocenters. The van der Waals surface area contributed by atoms with E-state index in [2.05, 4.69) is 113 Å². The molecule has 0 saturated carbocycles. The molecule has 1 heterocycles. The van der Waals surface area contributed by atoms with E-state index in [0.717, 1.165) is 17.1 Å². The van der Waals surface area contributed by atoms with E-state index in [1.165, 1.54) is 44.2 Å². The van der Waals surface area contributed by atoms with Crippen molar-refractivity contribution in [3.05, 3.63) is 134 Å². The van der Waals surface area contributed by atoms with Gasteiger partial charge in [0.05, 0.1) is 0 Å². The second kappa shape index (κ2) is 9.75. The van der Waals surface area contributed by atoms with Crippen molar-refractivity contribution >= 4 is 27.8 Å². The fourth-order valence-electron chi connectivity index (χ4n) is 5.31. The Labute approximate surface area is 218 Å². The second-order valence-corrected chi connectivity index (χ2v) is 8.90. The normalized spacial score (nSPS) is 11.0. The molecule has 5 aromatic carbocycles. The van der Waals surface area contributed by atoms with E-state index in [9.17, 15) is 0 Å². The monoisotopic (exact) mass is 476 g/mol. The van der Waals surface area contributed by atoms with E-state index in [1.54, 1.807) is 0 Å². The minimum Gasteiger partial charge on any atom is -0.310 e. The Hall–Kier alpha value is -4.69. The third-order valence-corrected chi connectivity index (χ3v) is 6.88. The first-order valence-electron chi connectivity index (χ1n) is 12.9. The number of aromatic nitrogens is 1. The summed E-state index contributed by atoms with van der Waals surface area (Å²) in [6.45, 7) is 4.00. The van der Waals surface area contributed by atoms with Crippen molar-refractivity contribution in [3.8, 4) is 33.4 Å². The van der Waals surface area contributed by atoms with Gasteiger partial charge in [0.25, 0.3) is 0 Å². The topological polar surface area (TPSA) is 16.1 Å². The molecular weight excluding hydrogens is 448 g/mol. The van der Waals surface area contributed by atoms with Crippen LogP contribution in [0, 0.1) is 0 Å². The zero-order chi connectivity index (χ0) is 25.2. The lowest BCUT2D eigenvalue weighted by Gasteiger charge is -2.25. The Bertz CT molecular complexity index is 1640. The lowest BCUT2D eigenvalue weighted by atomic mass is 9.97. The van der Waals surface area contributed by atoms with Crippen molar-refractivity contribution in [2.75, 3.05) is 4.90 Å². The van der Waals surface area contributed by atoms with Crippen LogP contribution in [0.1, 0.15) is 13.8 Å². The number of para-hydroxylation sites is 1. The van der Waals surface area contributed by atoms with Gasteiger partial charge < -0.3 is 4.90 Å². The van der Waals surface area contributed by atoms with Crippen LogP contribution in [0.2, 0.25) is 0 Å². The lowest BCUT2D eigenvalue weighted by Crippen LogP contribution is -2.09. The largest absolute Gasteiger partial charge is 0.310 e. The van der Waals surface area contributed by atoms with Crippen LogP contribution < -0.4 is 4.90 Å². The molecule has 6 aromatic rings. The summed E-state index contributed by atoms with van der Waals surface area (Å²) in [7, 11) is 0. The van der Waals surface area contributed by atoms with Gasteiger partial charge in [0.2, 0.25) is 0 Å². The van der Waals surface area contributed by atoms with Crippen LogP contribution in [0.15, 0.2) is 134 Å². The molecule has 0 radical (unpaired) electrons. The van der Waals surface area contributed by atoms with Crippen molar-refractivity contribution < 1.29 is 0 Å². The fraction of sp³-hybridized carbons (Fsp3) is 0.0571. The molecule has 37 heavy (non-hydrogen) atoms. The van der Waals surface area contributed by atoms with Crippen LogP contribution in [-0.4, -0.2) is 4.98 Å². The van der Waals surface area contributed by atoms with Gasteiger partial charge in [-0.3, -0.25) is 4.98 Å². The Morgan fingerprint density at radius 3 is 1.84 bits per heavy atom. The van der Waals surface area contributed by atoms with Gasteiger partial charge in [-0.05, 0) is 86.6 Å². The van der Waals surface area contributed by atoms with Gasteiger partial charge in [0.1, 0.15) is 0 Å². The van der Waals surface area contributed by atoms with Gasteiger partial charge in [-0.25, -0.2) is 0 Å². The molecule has 0 amide bonds. The molecule has 0 spiro atoms. The first-order chi connectivity index (χ1) is 18.4. The number of pyridine rings is 1. The average Bonchev–Trinajstić information content (AvgIpc) is 3.30. The number of hydrogen-bond donors (Lipinski definition) is 0. The minimum atomic E-state index is 1.08. The molecule has 0 fully saturated rings. The maximum atomic E-state index is 4.22. The smallest absolute Gasteiger partial charge is 0.0492 e. The minimum absolute atomic E-state index is 1.08. The van der Waals surface area contributed by atoms with Crippen LogP contribution >= 0.6 is 0 Å². The highest BCUT2D eigenvalue weighted by Gasteiger charge is 2.21. The third-order valence-electron chi connectivity index (χ3n) is 6.88. The predicted molar refractivity (Wildman–Crippen MR) is 158 cm³/mol. The Balaban J connectivity index is 0.00000123. The summed E-state index contributed by atoms with van der Waals surface area (Å²) in [6.07, 6.45) is 3.68. The summed E-state index contributed by atoms with van der Waals surface area (Å²) < 4.78 is 0. The molecule has 0 aliphatic heterocycles. The SMILES string of the molecule is CC.c1ccc(N(c2ccncc2)c2cccc(-c3ccc4c(c3)-c3cccc5cccc-4c35)c2)cc1. The number of rotatable bonds is 4. The molecule has 0 unspecified atom stereocenters. The molecule has 0 bridgehead atoms. The molecule has 1 aliphatic rings. The average molecular weight is 477 g/mol. The summed E-state index contributed by atoms with van der Waals surface area (Å²) in [5, 5.41) is 2.67. The molecule has 1 aliphatic carbocycles. The van der Waals surface area contributed by atoms with E-state index in [1.807, 2.05) is 44.4 Å². The summed E-state index contributed by atoms with van der Waals surface area (Å²) in [6, 6.07) is 43.5. The zero-order valence-corrected chi connectivity index (χ0v) is 21.1. The van der Waals surface area contributed by atoms with Crippen molar-refractivity contribution in [1.82, 2.24) is 4.98 Å². The van der Waals surface area contributed by atoms with E-state index in [0.29, 0.717) is 0 Å². The molecule has 2 heteroatoms. The highest BCUT2D eigenvalue weighted by Crippen LogP contribution is 2.48. The van der Waals surface area contributed by atoms with Crippen molar-refractivity contribution in [2.45, 2.75) is 13.8 Å². The van der Waals surface area contributed by atoms with Crippen LogP contribution in [-0.2, 0) is 0 Å². The second-order valence-electron chi connectivity index (χ2n) is 8.90. The van der Waals surface area contributed by atoms with Gasteiger partial charge in [-0.1, -0.05) is 92.7 Å². The zero-order valence-electron chi connectivity index (χ0n) is 21.1. The standard InChI is InChI=1S/C33H22N2.C2H6/c1-2-10-26(11-3-1)35(27-17-19-34-20-18-27)28-12-4-9-24(21-28)25-15-16-29-30-13-5-7-23-8-6-14-31(33(23)30)32(29)22-25;1-2/h1-22H;1-2H3. The van der Waals surface area contributed by atoms with Crippen LogP contribution in [0.25, 0.3) is 44.2 Å². The Kier molecular flexibility index (Phi) is 6.00. The van der Waals surface area contributed by atoms with Gasteiger partial charge in [0.15, 0.2) is 0 Å². The number of benzene rings is 5. The van der Waals surface area contributed by atoms with Gasteiger partial charge in [-0.2, -0.15) is 0 Å². The summed E-state index contributed by atoms with van der Waals surface area (Å²) in [5.74, 6) is 0. The summed E-state index contributed by atoms with van der Waals surface area (Å²) in [5.41, 5.74) is 11.0.